The van der Waals surface area contributed by atoms with Crippen LogP contribution in [0.3, 0.4) is 0 Å². The molecule has 3 aromatic rings. The quantitative estimate of drug-likeness (QED) is 0.695. The van der Waals surface area contributed by atoms with E-state index in [0.29, 0.717) is 16.4 Å². The summed E-state index contributed by atoms with van der Waals surface area (Å²) in [5.74, 6) is 0.224. The summed E-state index contributed by atoms with van der Waals surface area (Å²) < 4.78 is 11.3. The third-order valence-corrected chi connectivity index (χ3v) is 3.48. The Morgan fingerprint density at radius 1 is 1.23 bits per heavy atom. The SMILES string of the molecule is COC(=O)c1cc(-c2ccc(OC)cc2)nc2c(Cl)cnn12. The minimum atomic E-state index is -0.512. The van der Waals surface area contributed by atoms with Gasteiger partial charge in [-0.05, 0) is 30.3 Å². The maximum Gasteiger partial charge on any atom is 0.356 e. The number of halogens is 1. The van der Waals surface area contributed by atoms with Gasteiger partial charge in [-0.3, -0.25) is 0 Å². The molecule has 0 aliphatic carbocycles. The molecule has 0 unspecified atom stereocenters. The fourth-order valence-corrected chi connectivity index (χ4v) is 2.26. The second kappa shape index (κ2) is 5.65. The zero-order valence-electron chi connectivity index (χ0n) is 11.9. The van der Waals surface area contributed by atoms with Gasteiger partial charge in [0.1, 0.15) is 10.8 Å². The summed E-state index contributed by atoms with van der Waals surface area (Å²) in [7, 11) is 2.91. The monoisotopic (exact) mass is 317 g/mol. The fraction of sp³-hybridized carbons (Fsp3) is 0.133. The third-order valence-electron chi connectivity index (χ3n) is 3.21. The summed E-state index contributed by atoms with van der Waals surface area (Å²) in [6.45, 7) is 0. The first-order valence-electron chi connectivity index (χ1n) is 6.41. The van der Waals surface area contributed by atoms with E-state index in [1.165, 1.54) is 17.8 Å². The van der Waals surface area contributed by atoms with Crippen LogP contribution in [0.4, 0.5) is 0 Å². The van der Waals surface area contributed by atoms with E-state index >= 15 is 0 Å². The topological polar surface area (TPSA) is 65.7 Å². The Morgan fingerprint density at radius 2 is 1.95 bits per heavy atom. The Morgan fingerprint density at radius 3 is 2.59 bits per heavy atom. The van der Waals surface area contributed by atoms with Crippen molar-refractivity contribution in [2.45, 2.75) is 0 Å². The standard InChI is InChI=1S/C15H12ClN3O3/c1-21-10-5-3-9(4-6-10)12-7-13(15(20)22-2)19-14(18-12)11(16)8-17-19/h3-8H,1-2H3. The molecular weight excluding hydrogens is 306 g/mol. The van der Waals surface area contributed by atoms with Gasteiger partial charge in [0.25, 0.3) is 0 Å². The van der Waals surface area contributed by atoms with Gasteiger partial charge in [-0.25, -0.2) is 14.3 Å². The Bertz CT molecular complexity index is 843. The van der Waals surface area contributed by atoms with Crippen molar-refractivity contribution in [3.8, 4) is 17.0 Å². The fourth-order valence-electron chi connectivity index (χ4n) is 2.10. The molecule has 22 heavy (non-hydrogen) atoms. The van der Waals surface area contributed by atoms with E-state index in [0.717, 1.165) is 11.3 Å². The number of aromatic nitrogens is 3. The summed E-state index contributed by atoms with van der Waals surface area (Å²) in [5.41, 5.74) is 2.07. The predicted molar refractivity (Wildman–Crippen MR) is 81.3 cm³/mol. The molecular formula is C15H12ClN3O3. The molecule has 3 rings (SSSR count). The number of benzene rings is 1. The van der Waals surface area contributed by atoms with Gasteiger partial charge in [0.05, 0.1) is 26.1 Å². The lowest BCUT2D eigenvalue weighted by atomic mass is 10.1. The van der Waals surface area contributed by atoms with Crippen molar-refractivity contribution >= 4 is 23.2 Å². The van der Waals surface area contributed by atoms with Gasteiger partial charge in [0.15, 0.2) is 11.3 Å². The van der Waals surface area contributed by atoms with Crippen LogP contribution >= 0.6 is 11.6 Å². The molecule has 1 aromatic carbocycles. The Hall–Kier alpha value is -2.60. The summed E-state index contributed by atoms with van der Waals surface area (Å²) in [6, 6.07) is 8.95. The Labute approximate surface area is 131 Å². The normalized spacial score (nSPS) is 10.7. The van der Waals surface area contributed by atoms with Crippen molar-refractivity contribution in [2.75, 3.05) is 14.2 Å². The van der Waals surface area contributed by atoms with Gasteiger partial charge in [-0.2, -0.15) is 5.10 Å². The van der Waals surface area contributed by atoms with Crippen LogP contribution in [0.25, 0.3) is 16.9 Å². The summed E-state index contributed by atoms with van der Waals surface area (Å²) in [6.07, 6.45) is 1.44. The largest absolute Gasteiger partial charge is 0.497 e. The van der Waals surface area contributed by atoms with E-state index in [4.69, 9.17) is 21.1 Å². The number of carbonyl (C=O) groups excluding carboxylic acids is 1. The van der Waals surface area contributed by atoms with Crippen molar-refractivity contribution in [3.05, 3.63) is 47.2 Å². The zero-order chi connectivity index (χ0) is 15.7. The minimum Gasteiger partial charge on any atom is -0.497 e. The number of nitrogens with zero attached hydrogens (tertiary/aromatic N) is 3. The molecule has 0 radical (unpaired) electrons. The van der Waals surface area contributed by atoms with Gasteiger partial charge in [0, 0.05) is 5.56 Å². The van der Waals surface area contributed by atoms with Crippen molar-refractivity contribution in [1.82, 2.24) is 14.6 Å². The lowest BCUT2D eigenvalue weighted by Crippen LogP contribution is -2.10. The molecule has 0 atom stereocenters. The molecule has 0 saturated carbocycles. The first kappa shape index (κ1) is 14.3. The number of rotatable bonds is 3. The molecule has 0 spiro atoms. The van der Waals surface area contributed by atoms with Crippen LogP contribution < -0.4 is 4.74 Å². The molecule has 0 aliphatic heterocycles. The van der Waals surface area contributed by atoms with E-state index in [-0.39, 0.29) is 5.69 Å². The molecule has 0 amide bonds. The number of fused-ring (bicyclic) bond motifs is 1. The number of hydrogen-bond donors (Lipinski definition) is 0. The first-order valence-corrected chi connectivity index (χ1v) is 6.79. The molecule has 2 aromatic heterocycles. The van der Waals surface area contributed by atoms with Crippen LogP contribution in [-0.2, 0) is 4.74 Å². The van der Waals surface area contributed by atoms with Crippen molar-refractivity contribution in [2.24, 2.45) is 0 Å². The molecule has 2 heterocycles. The highest BCUT2D eigenvalue weighted by molar-refractivity contribution is 6.33. The van der Waals surface area contributed by atoms with Crippen LogP contribution in [0.5, 0.6) is 5.75 Å². The van der Waals surface area contributed by atoms with Crippen molar-refractivity contribution in [3.63, 3.8) is 0 Å². The summed E-state index contributed by atoms with van der Waals surface area (Å²) in [5, 5.41) is 4.41. The van der Waals surface area contributed by atoms with E-state index in [1.807, 2.05) is 24.3 Å². The number of methoxy groups -OCH3 is 2. The zero-order valence-corrected chi connectivity index (χ0v) is 12.7. The minimum absolute atomic E-state index is 0.255. The number of carbonyl (C=O) groups is 1. The molecule has 6 nitrogen and oxygen atoms in total. The molecule has 0 aliphatic rings. The van der Waals surface area contributed by atoms with Gasteiger partial charge < -0.3 is 9.47 Å². The van der Waals surface area contributed by atoms with E-state index in [2.05, 4.69) is 10.1 Å². The highest BCUT2D eigenvalue weighted by Crippen LogP contribution is 2.25. The molecule has 0 N–H and O–H groups in total. The number of esters is 1. The molecule has 112 valence electrons. The average molecular weight is 318 g/mol. The Balaban J connectivity index is 2.20. The van der Waals surface area contributed by atoms with Gasteiger partial charge >= 0.3 is 5.97 Å². The first-order chi connectivity index (χ1) is 10.6. The van der Waals surface area contributed by atoms with Gasteiger partial charge in [-0.1, -0.05) is 11.6 Å². The number of ether oxygens (including phenoxy) is 2. The molecule has 0 fully saturated rings. The highest BCUT2D eigenvalue weighted by atomic mass is 35.5. The molecule has 0 bridgehead atoms. The van der Waals surface area contributed by atoms with Gasteiger partial charge in [0.2, 0.25) is 0 Å². The average Bonchev–Trinajstić information content (AvgIpc) is 2.94. The highest BCUT2D eigenvalue weighted by Gasteiger charge is 2.17. The predicted octanol–water partition coefficient (Wildman–Crippen LogP) is 2.84. The van der Waals surface area contributed by atoms with Crippen LogP contribution in [0.2, 0.25) is 5.02 Å². The van der Waals surface area contributed by atoms with Crippen LogP contribution in [0.15, 0.2) is 36.5 Å². The molecule has 0 saturated heterocycles. The van der Waals surface area contributed by atoms with E-state index in [9.17, 15) is 4.79 Å². The summed E-state index contributed by atoms with van der Waals surface area (Å²) in [4.78, 5) is 16.4. The lowest BCUT2D eigenvalue weighted by Gasteiger charge is -2.07. The third kappa shape index (κ3) is 2.37. The second-order valence-corrected chi connectivity index (χ2v) is 4.88. The van der Waals surface area contributed by atoms with Crippen molar-refractivity contribution in [1.29, 1.82) is 0 Å². The Kier molecular flexibility index (Phi) is 3.68. The lowest BCUT2D eigenvalue weighted by molar-refractivity contribution is 0.0590. The van der Waals surface area contributed by atoms with Crippen LogP contribution in [0, 0.1) is 0 Å². The molecule has 7 heteroatoms. The van der Waals surface area contributed by atoms with Crippen LogP contribution in [-0.4, -0.2) is 34.8 Å². The van der Waals surface area contributed by atoms with Gasteiger partial charge in [-0.15, -0.1) is 0 Å². The number of hydrogen-bond acceptors (Lipinski definition) is 5. The van der Waals surface area contributed by atoms with Crippen molar-refractivity contribution < 1.29 is 14.3 Å². The van der Waals surface area contributed by atoms with E-state index < -0.39 is 5.97 Å². The van der Waals surface area contributed by atoms with E-state index in [1.54, 1.807) is 13.2 Å². The second-order valence-electron chi connectivity index (χ2n) is 4.47. The maximum atomic E-state index is 11.9. The smallest absolute Gasteiger partial charge is 0.356 e. The van der Waals surface area contributed by atoms with Crippen LogP contribution in [0.1, 0.15) is 10.5 Å². The summed E-state index contributed by atoms with van der Waals surface area (Å²) >= 11 is 6.08. The maximum absolute atomic E-state index is 11.9.